The third-order valence-electron chi connectivity index (χ3n) is 8.54. The van der Waals surface area contributed by atoms with Crippen molar-refractivity contribution in [1.29, 1.82) is 0 Å². The fraction of sp³-hybridized carbons (Fsp3) is 0.667. The minimum atomic E-state index is -6.14. The highest BCUT2D eigenvalue weighted by molar-refractivity contribution is 5.85. The number of aryl methyl sites for hydroxylation is 1. The fourth-order valence-electron chi connectivity index (χ4n) is 6.65. The number of halogens is 7. The second-order valence-corrected chi connectivity index (χ2v) is 10.4. The number of hydrogen-bond acceptors (Lipinski definition) is 2. The van der Waals surface area contributed by atoms with E-state index < -0.39 is 23.6 Å². The summed E-state index contributed by atoms with van der Waals surface area (Å²) in [5.41, 5.74) is -6.20. The van der Waals surface area contributed by atoms with E-state index in [2.05, 4.69) is 5.32 Å². The van der Waals surface area contributed by atoms with Crippen LogP contribution in [0.25, 0.3) is 0 Å². The van der Waals surface area contributed by atoms with Crippen LogP contribution in [-0.4, -0.2) is 47.7 Å². The van der Waals surface area contributed by atoms with E-state index in [0.29, 0.717) is 69.3 Å². The molecule has 4 aliphatic rings. The van der Waals surface area contributed by atoms with Gasteiger partial charge in [0.25, 0.3) is 0 Å². The lowest BCUT2D eigenvalue weighted by Crippen LogP contribution is -2.65. The molecule has 192 valence electrons. The Hall–Kier alpha value is -2.33. The molecule has 0 aromatic heterocycles. The first kappa shape index (κ1) is 24.4. The number of β-lactam (4-membered cyclic amide) rings is 1. The van der Waals surface area contributed by atoms with Crippen LogP contribution < -0.4 is 5.32 Å². The molecule has 2 aliphatic heterocycles. The smallest absolute Gasteiger partial charge is 0.350 e. The van der Waals surface area contributed by atoms with Crippen LogP contribution in [0.4, 0.5) is 30.7 Å². The van der Waals surface area contributed by atoms with E-state index in [9.17, 15) is 40.3 Å². The topological polar surface area (TPSA) is 49.4 Å². The molecule has 1 spiro atoms. The first-order valence-corrected chi connectivity index (χ1v) is 11.8. The Bertz CT molecular complexity index is 1020. The molecule has 1 aromatic carbocycles. The zero-order valence-corrected chi connectivity index (χ0v) is 18.7. The Morgan fingerprint density at radius 1 is 0.971 bits per heavy atom. The Labute approximate surface area is 197 Å². The lowest BCUT2D eigenvalue weighted by molar-refractivity contribution is -0.348. The molecule has 2 aliphatic carbocycles. The maximum atomic E-state index is 14.5. The highest BCUT2D eigenvalue weighted by Crippen LogP contribution is 2.55. The zero-order valence-electron chi connectivity index (χ0n) is 18.7. The zero-order chi connectivity index (χ0) is 25.4. The molecular formula is C24H25F7N2O2. The summed E-state index contributed by atoms with van der Waals surface area (Å²) >= 11 is 0. The lowest BCUT2D eigenvalue weighted by Gasteiger charge is -2.48. The minimum Gasteiger partial charge on any atom is -0.350 e. The molecular weight excluding hydrogens is 481 g/mol. The first-order chi connectivity index (χ1) is 16.3. The van der Waals surface area contributed by atoms with Gasteiger partial charge in [-0.3, -0.25) is 9.59 Å². The van der Waals surface area contributed by atoms with E-state index in [-0.39, 0.29) is 47.1 Å². The van der Waals surface area contributed by atoms with Gasteiger partial charge in [0.2, 0.25) is 11.8 Å². The van der Waals surface area contributed by atoms with E-state index in [4.69, 9.17) is 0 Å². The lowest BCUT2D eigenvalue weighted by atomic mass is 9.72. The number of likely N-dealkylation sites (tertiary alicyclic amines) is 1. The molecule has 1 saturated carbocycles. The Kier molecular flexibility index (Phi) is 5.45. The van der Waals surface area contributed by atoms with Gasteiger partial charge in [-0.05, 0) is 61.5 Å². The Morgan fingerprint density at radius 2 is 1.60 bits per heavy atom. The van der Waals surface area contributed by atoms with Gasteiger partial charge < -0.3 is 10.2 Å². The molecule has 4 nitrogen and oxygen atoms in total. The van der Waals surface area contributed by atoms with Crippen molar-refractivity contribution >= 4 is 11.8 Å². The second-order valence-electron chi connectivity index (χ2n) is 10.4. The molecule has 5 rings (SSSR count). The predicted octanol–water partition coefficient (Wildman–Crippen LogP) is 4.91. The van der Waals surface area contributed by atoms with Crippen molar-refractivity contribution in [2.45, 2.75) is 74.4 Å². The molecule has 1 N–H and O–H groups in total. The highest BCUT2D eigenvalue weighted by Gasteiger charge is 2.73. The van der Waals surface area contributed by atoms with Crippen molar-refractivity contribution in [1.82, 2.24) is 10.2 Å². The number of carbonyl (C=O) groups excluding carboxylic acids is 2. The number of nitrogens with zero attached hydrogens (tertiary/aromatic N) is 1. The van der Waals surface area contributed by atoms with Gasteiger partial charge in [-0.25, -0.2) is 4.39 Å². The quantitative estimate of drug-likeness (QED) is 0.458. The van der Waals surface area contributed by atoms with E-state index in [1.807, 2.05) is 4.90 Å². The second kappa shape index (κ2) is 7.83. The predicted molar refractivity (Wildman–Crippen MR) is 110 cm³/mol. The highest BCUT2D eigenvalue weighted by atomic mass is 19.4. The van der Waals surface area contributed by atoms with Gasteiger partial charge in [0.05, 0.1) is 5.54 Å². The number of rotatable bonds is 2. The van der Waals surface area contributed by atoms with Gasteiger partial charge in [-0.2, -0.15) is 26.3 Å². The van der Waals surface area contributed by atoms with Gasteiger partial charge in [-0.15, -0.1) is 0 Å². The van der Waals surface area contributed by atoms with Crippen molar-refractivity contribution in [3.05, 3.63) is 34.9 Å². The molecule has 11 heteroatoms. The molecule has 35 heavy (non-hydrogen) atoms. The minimum absolute atomic E-state index is 0.0166. The Balaban J connectivity index is 1.33. The van der Waals surface area contributed by atoms with Gasteiger partial charge in [0, 0.05) is 31.0 Å². The van der Waals surface area contributed by atoms with Crippen molar-refractivity contribution < 1.29 is 40.3 Å². The van der Waals surface area contributed by atoms with Crippen molar-refractivity contribution in [2.24, 2.45) is 11.8 Å². The Morgan fingerprint density at radius 3 is 2.17 bits per heavy atom. The molecule has 0 radical (unpaired) electrons. The number of piperidine rings is 1. The molecule has 0 bridgehead atoms. The third-order valence-corrected chi connectivity index (χ3v) is 8.54. The number of hydrogen-bond donors (Lipinski definition) is 1. The average molecular weight is 506 g/mol. The van der Waals surface area contributed by atoms with Crippen LogP contribution in [0.15, 0.2) is 18.2 Å². The van der Waals surface area contributed by atoms with Crippen molar-refractivity contribution in [3.8, 4) is 0 Å². The van der Waals surface area contributed by atoms with E-state index in [1.54, 1.807) is 0 Å². The van der Waals surface area contributed by atoms with E-state index in [1.165, 1.54) is 6.07 Å². The molecule has 0 unspecified atom stereocenters. The van der Waals surface area contributed by atoms with Gasteiger partial charge >= 0.3 is 18.0 Å². The summed E-state index contributed by atoms with van der Waals surface area (Å²) in [4.78, 5) is 26.4. The van der Waals surface area contributed by atoms with Gasteiger partial charge in [0.1, 0.15) is 0 Å². The SMILES string of the molecule is O=C1CC2(CCN(C(=O)[C@@H]3CC[C@H]4c5ccc(C(F)(C(F)(F)F)C(F)(F)F)cc5CC[C@@H]34)CC2)N1. The van der Waals surface area contributed by atoms with Crippen LogP contribution in [0, 0.1) is 11.8 Å². The van der Waals surface area contributed by atoms with Crippen LogP contribution in [0.2, 0.25) is 0 Å². The molecule has 2 amide bonds. The van der Waals surface area contributed by atoms with Gasteiger partial charge in [-0.1, -0.05) is 18.2 Å². The summed E-state index contributed by atoms with van der Waals surface area (Å²) < 4.78 is 93.6. The number of nitrogens with one attached hydrogen (secondary N) is 1. The van der Waals surface area contributed by atoms with E-state index in [0.717, 1.165) is 0 Å². The number of carbonyl (C=O) groups is 2. The van der Waals surface area contributed by atoms with Crippen molar-refractivity contribution in [2.75, 3.05) is 13.1 Å². The van der Waals surface area contributed by atoms with Crippen LogP contribution in [-0.2, 0) is 21.7 Å². The maximum Gasteiger partial charge on any atom is 0.435 e. The number of benzene rings is 1. The number of amides is 2. The molecule has 3 atom stereocenters. The summed E-state index contributed by atoms with van der Waals surface area (Å²) in [5.74, 6) is -0.434. The number of fused-ring (bicyclic) bond motifs is 3. The summed E-state index contributed by atoms with van der Waals surface area (Å²) in [6.07, 6.45) is -8.59. The largest absolute Gasteiger partial charge is 0.435 e. The summed E-state index contributed by atoms with van der Waals surface area (Å²) in [6, 6.07) is 2.48. The van der Waals surface area contributed by atoms with Crippen LogP contribution in [0.1, 0.15) is 61.1 Å². The average Bonchev–Trinajstić information content (AvgIpc) is 3.20. The van der Waals surface area contributed by atoms with Crippen LogP contribution in [0.5, 0.6) is 0 Å². The monoisotopic (exact) mass is 506 g/mol. The van der Waals surface area contributed by atoms with Crippen molar-refractivity contribution in [3.63, 3.8) is 0 Å². The molecule has 1 aromatic rings. The summed E-state index contributed by atoms with van der Waals surface area (Å²) in [7, 11) is 0. The maximum absolute atomic E-state index is 14.5. The number of alkyl halides is 7. The van der Waals surface area contributed by atoms with Crippen LogP contribution in [0.3, 0.4) is 0 Å². The summed E-state index contributed by atoms with van der Waals surface area (Å²) in [6.45, 7) is 1.08. The standard InChI is InChI=1S/C24H25F7N2O2/c25-22(23(26,27)28,24(29,30)31)14-2-4-15-13(11-14)1-3-17-16(15)5-6-18(17)20(35)33-9-7-21(8-10-33)12-19(34)32-21/h2,4,11,16-18H,1,3,5-10,12H2,(H,32,34)/t16-,17+,18+/m0/s1. The summed E-state index contributed by atoms with van der Waals surface area (Å²) in [5, 5.41) is 2.93. The fourth-order valence-corrected chi connectivity index (χ4v) is 6.65. The molecule has 2 saturated heterocycles. The van der Waals surface area contributed by atoms with E-state index >= 15 is 0 Å². The van der Waals surface area contributed by atoms with Crippen LogP contribution >= 0.6 is 0 Å². The first-order valence-electron chi connectivity index (χ1n) is 11.8. The third kappa shape index (κ3) is 3.71. The normalized spacial score (nSPS) is 28.3. The molecule has 2 heterocycles. The molecule has 3 fully saturated rings. The van der Waals surface area contributed by atoms with Gasteiger partial charge in [0.15, 0.2) is 0 Å².